The molecule has 2 fully saturated rings. The molecule has 0 aromatic carbocycles. The van der Waals surface area contributed by atoms with Crippen molar-refractivity contribution in [2.45, 2.75) is 50.0 Å². The van der Waals surface area contributed by atoms with Gasteiger partial charge < -0.3 is 14.9 Å². The van der Waals surface area contributed by atoms with Crippen molar-refractivity contribution in [1.82, 2.24) is 15.5 Å². The van der Waals surface area contributed by atoms with Crippen molar-refractivity contribution in [2.24, 2.45) is 0 Å². The van der Waals surface area contributed by atoms with E-state index in [1.54, 1.807) is 0 Å². The van der Waals surface area contributed by atoms with Gasteiger partial charge in [-0.25, -0.2) is 4.79 Å². The van der Waals surface area contributed by atoms with Crippen molar-refractivity contribution in [3.63, 3.8) is 0 Å². The van der Waals surface area contributed by atoms with Gasteiger partial charge in [0.1, 0.15) is 10.4 Å². The van der Waals surface area contributed by atoms with Crippen LogP contribution >= 0.6 is 11.3 Å². The highest BCUT2D eigenvalue weighted by Gasteiger charge is 2.43. The zero-order valence-electron chi connectivity index (χ0n) is 12.9. The molecular weight excluding hydrogens is 330 g/mol. The van der Waals surface area contributed by atoms with E-state index in [-0.39, 0.29) is 10.8 Å². The minimum atomic E-state index is -1.03. The SMILES string of the molecule is O=C(O)c1ccc(C(=O)NC2(c3noc(C4CC4)n3)CCCC2)s1. The second-order valence-electron chi connectivity index (χ2n) is 6.44. The van der Waals surface area contributed by atoms with E-state index in [2.05, 4.69) is 15.5 Å². The van der Waals surface area contributed by atoms with Gasteiger partial charge in [-0.15, -0.1) is 11.3 Å². The molecule has 0 radical (unpaired) electrons. The first-order chi connectivity index (χ1) is 11.6. The van der Waals surface area contributed by atoms with E-state index in [4.69, 9.17) is 9.63 Å². The molecule has 0 bridgehead atoms. The van der Waals surface area contributed by atoms with Crippen LogP contribution < -0.4 is 5.32 Å². The average Bonchev–Trinajstić information content (AvgIpc) is 3.02. The lowest BCUT2D eigenvalue weighted by atomic mass is 9.96. The minimum absolute atomic E-state index is 0.149. The first kappa shape index (κ1) is 15.3. The Morgan fingerprint density at radius 3 is 2.58 bits per heavy atom. The highest BCUT2D eigenvalue weighted by atomic mass is 32.1. The number of nitrogens with one attached hydrogen (secondary N) is 1. The molecular formula is C16H17N3O4S. The molecule has 0 aliphatic heterocycles. The van der Waals surface area contributed by atoms with E-state index >= 15 is 0 Å². The molecule has 8 heteroatoms. The van der Waals surface area contributed by atoms with E-state index < -0.39 is 11.5 Å². The molecule has 2 saturated carbocycles. The third-order valence-corrected chi connectivity index (χ3v) is 5.72. The lowest BCUT2D eigenvalue weighted by Gasteiger charge is -2.26. The number of aromatic nitrogens is 2. The smallest absolute Gasteiger partial charge is 0.345 e. The molecule has 0 unspecified atom stereocenters. The monoisotopic (exact) mass is 347 g/mol. The Kier molecular flexibility index (Phi) is 3.64. The maximum atomic E-state index is 12.6. The first-order valence-electron chi connectivity index (χ1n) is 8.07. The van der Waals surface area contributed by atoms with Crippen LogP contribution in [0.15, 0.2) is 16.7 Å². The number of aromatic carboxylic acids is 1. The standard InChI is InChI=1S/C16H17N3O4S/c20-12(10-5-6-11(24-10)14(21)22)18-16(7-1-2-8-16)15-17-13(23-19-15)9-3-4-9/h5-6,9H,1-4,7-8H2,(H,18,20)(H,21,22). The molecule has 4 rings (SSSR count). The summed E-state index contributed by atoms with van der Waals surface area (Å²) in [6.45, 7) is 0. The van der Waals surface area contributed by atoms with Crippen LogP contribution in [0.3, 0.4) is 0 Å². The van der Waals surface area contributed by atoms with Gasteiger partial charge >= 0.3 is 5.97 Å². The number of amides is 1. The lowest BCUT2D eigenvalue weighted by Crippen LogP contribution is -2.44. The summed E-state index contributed by atoms with van der Waals surface area (Å²) in [4.78, 5) is 28.6. The molecule has 2 aliphatic carbocycles. The fraction of sp³-hybridized carbons (Fsp3) is 0.500. The van der Waals surface area contributed by atoms with Gasteiger partial charge in [0.15, 0.2) is 5.82 Å². The highest BCUT2D eigenvalue weighted by molar-refractivity contribution is 7.15. The number of carbonyl (C=O) groups is 2. The van der Waals surface area contributed by atoms with Crippen LogP contribution in [0.5, 0.6) is 0 Å². The summed E-state index contributed by atoms with van der Waals surface area (Å²) in [5.41, 5.74) is -0.610. The molecule has 126 valence electrons. The van der Waals surface area contributed by atoms with Gasteiger partial charge in [-0.1, -0.05) is 18.0 Å². The maximum absolute atomic E-state index is 12.6. The summed E-state index contributed by atoms with van der Waals surface area (Å²) < 4.78 is 5.36. The average molecular weight is 347 g/mol. The summed E-state index contributed by atoms with van der Waals surface area (Å²) in [5, 5.41) is 16.2. The number of hydrogen-bond donors (Lipinski definition) is 2. The van der Waals surface area contributed by atoms with Crippen molar-refractivity contribution in [1.29, 1.82) is 0 Å². The number of nitrogens with zero attached hydrogens (tertiary/aromatic N) is 2. The van der Waals surface area contributed by atoms with Crippen LogP contribution in [0.2, 0.25) is 0 Å². The van der Waals surface area contributed by atoms with Gasteiger partial charge in [0.05, 0.1) is 4.88 Å². The zero-order valence-corrected chi connectivity index (χ0v) is 13.8. The summed E-state index contributed by atoms with van der Waals surface area (Å²) in [6, 6.07) is 2.99. The molecule has 2 aromatic rings. The Balaban J connectivity index is 1.57. The van der Waals surface area contributed by atoms with Gasteiger partial charge in [-0.2, -0.15) is 4.98 Å². The summed E-state index contributed by atoms with van der Waals surface area (Å²) in [6.07, 6.45) is 5.65. The van der Waals surface area contributed by atoms with Gasteiger partial charge in [0.25, 0.3) is 5.91 Å². The van der Waals surface area contributed by atoms with Crippen LogP contribution in [0.25, 0.3) is 0 Å². The topological polar surface area (TPSA) is 105 Å². The quantitative estimate of drug-likeness (QED) is 0.861. The summed E-state index contributed by atoms with van der Waals surface area (Å²) >= 11 is 0.971. The fourth-order valence-electron chi connectivity index (χ4n) is 3.16. The number of carboxylic acid groups (broad SMARTS) is 1. The molecule has 2 aromatic heterocycles. The Hall–Kier alpha value is -2.22. The molecule has 0 spiro atoms. The summed E-state index contributed by atoms with van der Waals surface area (Å²) in [5.74, 6) is 0.268. The normalized spacial score (nSPS) is 19.3. The van der Waals surface area contributed by atoms with Crippen LogP contribution in [-0.4, -0.2) is 27.1 Å². The number of carbonyl (C=O) groups excluding carboxylic acids is 1. The van der Waals surface area contributed by atoms with Crippen LogP contribution in [0.4, 0.5) is 0 Å². The van der Waals surface area contributed by atoms with Crippen molar-refractivity contribution in [2.75, 3.05) is 0 Å². The van der Waals surface area contributed by atoms with Crippen LogP contribution in [0, 0.1) is 0 Å². The Morgan fingerprint density at radius 1 is 1.25 bits per heavy atom. The van der Waals surface area contributed by atoms with E-state index in [1.807, 2.05) is 0 Å². The zero-order chi connectivity index (χ0) is 16.7. The third-order valence-electron chi connectivity index (χ3n) is 4.65. The van der Waals surface area contributed by atoms with Crippen molar-refractivity contribution >= 4 is 23.2 Å². The largest absolute Gasteiger partial charge is 0.477 e. The molecule has 0 atom stereocenters. The first-order valence-corrected chi connectivity index (χ1v) is 8.89. The maximum Gasteiger partial charge on any atom is 0.345 e. The van der Waals surface area contributed by atoms with Crippen LogP contribution in [-0.2, 0) is 5.54 Å². The van der Waals surface area contributed by atoms with E-state index in [9.17, 15) is 9.59 Å². The van der Waals surface area contributed by atoms with Gasteiger partial charge in [0, 0.05) is 5.92 Å². The molecule has 1 amide bonds. The minimum Gasteiger partial charge on any atom is -0.477 e. The molecule has 7 nitrogen and oxygen atoms in total. The number of carboxylic acids is 1. The predicted molar refractivity (Wildman–Crippen MR) is 85.2 cm³/mol. The second-order valence-corrected chi connectivity index (χ2v) is 7.53. The van der Waals surface area contributed by atoms with Gasteiger partial charge in [-0.3, -0.25) is 4.79 Å². The number of thiophene rings is 1. The van der Waals surface area contributed by atoms with Crippen molar-refractivity contribution < 1.29 is 19.2 Å². The van der Waals surface area contributed by atoms with E-state index in [1.165, 1.54) is 12.1 Å². The molecule has 2 N–H and O–H groups in total. The van der Waals surface area contributed by atoms with Crippen molar-refractivity contribution in [3.8, 4) is 0 Å². The van der Waals surface area contributed by atoms with Crippen LogP contribution in [0.1, 0.15) is 75.5 Å². The fourth-order valence-corrected chi connectivity index (χ4v) is 3.90. The molecule has 2 aliphatic rings. The highest BCUT2D eigenvalue weighted by Crippen LogP contribution is 2.42. The third kappa shape index (κ3) is 2.71. The Bertz CT molecular complexity index is 787. The molecule has 2 heterocycles. The van der Waals surface area contributed by atoms with Crippen molar-refractivity contribution in [3.05, 3.63) is 33.6 Å². The molecule has 24 heavy (non-hydrogen) atoms. The number of rotatable bonds is 5. The summed E-state index contributed by atoms with van der Waals surface area (Å²) in [7, 11) is 0. The van der Waals surface area contributed by atoms with Gasteiger partial charge in [0.2, 0.25) is 5.89 Å². The van der Waals surface area contributed by atoms with E-state index in [0.717, 1.165) is 49.9 Å². The Morgan fingerprint density at radius 2 is 1.96 bits per heavy atom. The number of hydrogen-bond acceptors (Lipinski definition) is 6. The Labute approximate surface area is 142 Å². The lowest BCUT2D eigenvalue weighted by molar-refractivity contribution is 0.0702. The predicted octanol–water partition coefficient (Wildman–Crippen LogP) is 2.91. The molecule has 0 saturated heterocycles. The second kappa shape index (κ2) is 5.70. The van der Waals surface area contributed by atoms with Gasteiger partial charge in [-0.05, 0) is 37.8 Å². The van der Waals surface area contributed by atoms with E-state index in [0.29, 0.717) is 22.5 Å².